The Balaban J connectivity index is 1.52. The summed E-state index contributed by atoms with van der Waals surface area (Å²) in [5.74, 6) is 0.598. The molecular formula is C22H29N5O3S. The van der Waals surface area contributed by atoms with Crippen LogP contribution in [0.15, 0.2) is 23.1 Å². The molecule has 31 heavy (non-hydrogen) atoms. The molecule has 0 spiro atoms. The molecule has 4 rings (SSSR count). The van der Waals surface area contributed by atoms with E-state index in [-0.39, 0.29) is 34.7 Å². The molecular weight excluding hydrogens is 414 g/mol. The summed E-state index contributed by atoms with van der Waals surface area (Å²) < 4.78 is 1.68. The molecule has 0 bridgehead atoms. The van der Waals surface area contributed by atoms with E-state index in [1.807, 2.05) is 19.1 Å². The molecule has 0 aromatic carbocycles. The minimum atomic E-state index is -0.477. The Morgan fingerprint density at radius 2 is 2.10 bits per heavy atom. The second-order valence-corrected chi connectivity index (χ2v) is 9.82. The Hall–Kier alpha value is -2.39. The Kier molecular flexibility index (Phi) is 6.34. The molecule has 9 heteroatoms. The molecule has 4 atom stereocenters. The molecule has 4 unspecified atom stereocenters. The topological polar surface area (TPSA) is 105 Å². The van der Waals surface area contributed by atoms with Crippen LogP contribution in [0.1, 0.15) is 43.4 Å². The molecule has 1 aliphatic heterocycles. The molecule has 166 valence electrons. The lowest BCUT2D eigenvalue weighted by Crippen LogP contribution is -2.49. The third-order valence-corrected chi connectivity index (χ3v) is 7.51. The van der Waals surface area contributed by atoms with E-state index in [2.05, 4.69) is 27.9 Å². The number of nitrogens with zero attached hydrogens (tertiary/aromatic N) is 2. The highest BCUT2D eigenvalue weighted by Crippen LogP contribution is 2.40. The van der Waals surface area contributed by atoms with Gasteiger partial charge in [-0.25, -0.2) is 4.79 Å². The maximum absolute atomic E-state index is 13.2. The van der Waals surface area contributed by atoms with Gasteiger partial charge in [0.25, 0.3) is 5.56 Å². The average Bonchev–Trinajstić information content (AvgIpc) is 3.24. The number of imide groups is 1. The van der Waals surface area contributed by atoms with E-state index >= 15 is 0 Å². The summed E-state index contributed by atoms with van der Waals surface area (Å²) in [6.45, 7) is 4.87. The summed E-state index contributed by atoms with van der Waals surface area (Å²) >= 11 is 1.60. The number of thioether (sulfide) groups is 1. The van der Waals surface area contributed by atoms with Crippen molar-refractivity contribution in [1.82, 2.24) is 25.5 Å². The number of aromatic nitrogens is 2. The van der Waals surface area contributed by atoms with E-state index in [9.17, 15) is 14.4 Å². The third-order valence-electron chi connectivity index (χ3n) is 6.45. The Bertz CT molecular complexity index is 1060. The summed E-state index contributed by atoms with van der Waals surface area (Å²) in [5, 5.41) is 9.31. The van der Waals surface area contributed by atoms with Gasteiger partial charge in [0.05, 0.1) is 5.52 Å². The smallest absolute Gasteiger partial charge is 0.313 e. The van der Waals surface area contributed by atoms with Crippen molar-refractivity contribution >= 4 is 34.6 Å². The molecule has 1 saturated heterocycles. The Labute approximate surface area is 185 Å². The number of carbonyl (C=O) groups is 2. The fourth-order valence-corrected chi connectivity index (χ4v) is 5.53. The number of rotatable bonds is 3. The van der Waals surface area contributed by atoms with Crippen molar-refractivity contribution in [1.29, 1.82) is 0 Å². The predicted molar refractivity (Wildman–Crippen MR) is 122 cm³/mol. The first-order valence-corrected chi connectivity index (χ1v) is 11.8. The van der Waals surface area contributed by atoms with Crippen LogP contribution in [0.2, 0.25) is 0 Å². The zero-order valence-electron chi connectivity index (χ0n) is 18.1. The number of fused-ring (bicyclic) bond motifs is 1. The van der Waals surface area contributed by atoms with Crippen molar-refractivity contribution in [2.45, 2.75) is 44.5 Å². The van der Waals surface area contributed by atoms with Crippen LogP contribution in [0.25, 0.3) is 10.9 Å². The average molecular weight is 444 g/mol. The minimum absolute atomic E-state index is 0.0296. The number of urea groups is 1. The van der Waals surface area contributed by atoms with Gasteiger partial charge < -0.3 is 9.88 Å². The number of amides is 3. The van der Waals surface area contributed by atoms with Crippen LogP contribution in [0.4, 0.5) is 4.79 Å². The Morgan fingerprint density at radius 1 is 1.29 bits per heavy atom. The second-order valence-electron chi connectivity index (χ2n) is 8.61. The number of carbonyl (C=O) groups excluding carboxylic acids is 2. The molecule has 2 aliphatic rings. The lowest BCUT2D eigenvalue weighted by Gasteiger charge is -2.33. The number of hydrogen-bond donors (Lipinski definition) is 3. The molecule has 0 radical (unpaired) electrons. The first kappa shape index (κ1) is 21.8. The minimum Gasteiger partial charge on any atom is -0.313 e. The van der Waals surface area contributed by atoms with Crippen molar-refractivity contribution < 1.29 is 9.59 Å². The number of hydrogen-bond acceptors (Lipinski definition) is 6. The van der Waals surface area contributed by atoms with Crippen molar-refractivity contribution in [2.24, 2.45) is 18.9 Å². The number of nitrogens with one attached hydrogen (secondary N) is 3. The van der Waals surface area contributed by atoms with Crippen LogP contribution in [-0.2, 0) is 11.8 Å². The highest BCUT2D eigenvalue weighted by molar-refractivity contribution is 8.00. The molecule has 2 aromatic heterocycles. The normalized spacial score (nSPS) is 26.0. The Morgan fingerprint density at radius 3 is 2.84 bits per heavy atom. The van der Waals surface area contributed by atoms with Crippen molar-refractivity contribution in [3.05, 3.63) is 39.9 Å². The van der Waals surface area contributed by atoms with E-state index in [0.717, 1.165) is 40.9 Å². The molecule has 3 amide bonds. The van der Waals surface area contributed by atoms with Crippen molar-refractivity contribution in [3.8, 4) is 0 Å². The SMILES string of the molecule is Cc1cc2c(cn1)cc(C1CC(C(=O)NC(=O)NC3NCCS3)CCC1C)c(=O)n2C. The van der Waals surface area contributed by atoms with Gasteiger partial charge in [-0.05, 0) is 50.2 Å². The second kappa shape index (κ2) is 9.00. The lowest BCUT2D eigenvalue weighted by molar-refractivity contribution is -0.125. The van der Waals surface area contributed by atoms with Crippen LogP contribution in [0.5, 0.6) is 0 Å². The van der Waals surface area contributed by atoms with Crippen molar-refractivity contribution in [3.63, 3.8) is 0 Å². The summed E-state index contributed by atoms with van der Waals surface area (Å²) in [4.78, 5) is 42.5. The van der Waals surface area contributed by atoms with Gasteiger partial charge in [-0.15, -0.1) is 11.8 Å². The predicted octanol–water partition coefficient (Wildman–Crippen LogP) is 2.21. The molecule has 2 fully saturated rings. The molecule has 1 saturated carbocycles. The summed E-state index contributed by atoms with van der Waals surface area (Å²) in [6.07, 6.45) is 3.89. The van der Waals surface area contributed by atoms with Gasteiger partial charge in [0.1, 0.15) is 5.50 Å². The van der Waals surface area contributed by atoms with Crippen LogP contribution in [-0.4, -0.2) is 39.3 Å². The van der Waals surface area contributed by atoms with Gasteiger partial charge in [0.15, 0.2) is 0 Å². The largest absolute Gasteiger partial charge is 0.323 e. The van der Waals surface area contributed by atoms with Crippen LogP contribution >= 0.6 is 11.8 Å². The van der Waals surface area contributed by atoms with E-state index in [1.54, 1.807) is 29.6 Å². The van der Waals surface area contributed by atoms with Crippen molar-refractivity contribution in [2.75, 3.05) is 12.3 Å². The highest BCUT2D eigenvalue weighted by Gasteiger charge is 2.35. The van der Waals surface area contributed by atoms with Gasteiger partial charge in [-0.1, -0.05) is 6.92 Å². The summed E-state index contributed by atoms with van der Waals surface area (Å²) in [5.41, 5.74) is 2.25. The highest BCUT2D eigenvalue weighted by atomic mass is 32.2. The van der Waals surface area contributed by atoms with Gasteiger partial charge in [-0.2, -0.15) is 0 Å². The zero-order valence-corrected chi connectivity index (χ0v) is 18.9. The first-order valence-electron chi connectivity index (χ1n) is 10.8. The maximum atomic E-state index is 13.2. The third kappa shape index (κ3) is 4.62. The van der Waals surface area contributed by atoms with E-state index in [4.69, 9.17) is 0 Å². The maximum Gasteiger partial charge on any atom is 0.323 e. The number of aryl methyl sites for hydroxylation is 2. The van der Waals surface area contributed by atoms with Gasteiger partial charge in [0.2, 0.25) is 5.91 Å². The quantitative estimate of drug-likeness (QED) is 0.672. The van der Waals surface area contributed by atoms with Crippen LogP contribution in [0, 0.1) is 18.8 Å². The van der Waals surface area contributed by atoms with Gasteiger partial charge >= 0.3 is 6.03 Å². The molecule has 3 heterocycles. The zero-order chi connectivity index (χ0) is 22.1. The monoisotopic (exact) mass is 443 g/mol. The molecule has 3 N–H and O–H groups in total. The van der Waals surface area contributed by atoms with Crippen LogP contribution in [0.3, 0.4) is 0 Å². The molecule has 1 aliphatic carbocycles. The standard InChI is InChI=1S/C22H29N5O3S/c1-12-4-5-14(19(28)25-21(30)26-22-23-6-7-31-22)9-16(12)17-10-15-11-24-13(2)8-18(15)27(3)20(17)29/h8,10-12,14,16,22-23H,4-7,9H2,1-3H3,(H2,25,26,28,30). The lowest BCUT2D eigenvalue weighted by atomic mass is 9.71. The van der Waals surface area contributed by atoms with E-state index in [1.165, 1.54) is 0 Å². The van der Waals surface area contributed by atoms with E-state index < -0.39 is 6.03 Å². The fraction of sp³-hybridized carbons (Fsp3) is 0.545. The van der Waals surface area contributed by atoms with Gasteiger partial charge in [0, 0.05) is 48.1 Å². The van der Waals surface area contributed by atoms with Crippen LogP contribution < -0.4 is 21.5 Å². The summed E-state index contributed by atoms with van der Waals surface area (Å²) in [7, 11) is 1.78. The molecule has 8 nitrogen and oxygen atoms in total. The number of pyridine rings is 2. The fourth-order valence-electron chi connectivity index (χ4n) is 4.64. The molecule has 2 aromatic rings. The van der Waals surface area contributed by atoms with E-state index in [0.29, 0.717) is 12.8 Å². The van der Waals surface area contributed by atoms with Gasteiger partial charge in [-0.3, -0.25) is 25.2 Å². The summed E-state index contributed by atoms with van der Waals surface area (Å²) in [6, 6.07) is 3.37. The first-order chi connectivity index (χ1) is 14.8.